The largest absolute Gasteiger partial charge is 0.376 e. The number of aromatic nitrogens is 1. The maximum absolute atomic E-state index is 12.6. The average Bonchev–Trinajstić information content (AvgIpc) is 3.42. The number of carbonyl (C=O) groups is 1. The normalized spacial score (nSPS) is 20.8. The van der Waals surface area contributed by atoms with Gasteiger partial charge in [0.15, 0.2) is 11.5 Å². The van der Waals surface area contributed by atoms with E-state index < -0.39 is 0 Å². The Morgan fingerprint density at radius 2 is 2.00 bits per heavy atom. The zero-order chi connectivity index (χ0) is 20.1. The number of piperidine rings is 1. The van der Waals surface area contributed by atoms with Crippen LogP contribution in [0.4, 0.5) is 0 Å². The smallest absolute Gasteiger partial charge is 0.275 e. The van der Waals surface area contributed by atoms with Gasteiger partial charge in [0.25, 0.3) is 5.91 Å². The van der Waals surface area contributed by atoms with Gasteiger partial charge in [0.05, 0.1) is 12.6 Å². The second-order valence-corrected chi connectivity index (χ2v) is 8.41. The summed E-state index contributed by atoms with van der Waals surface area (Å²) in [4.78, 5) is 16.7. The minimum absolute atomic E-state index is 0.0999. The van der Waals surface area contributed by atoms with Crippen molar-refractivity contribution in [3.05, 3.63) is 53.4 Å². The van der Waals surface area contributed by atoms with Crippen molar-refractivity contribution < 1.29 is 14.1 Å². The molecule has 0 N–H and O–H groups in total. The fraction of sp³-hybridized carbons (Fsp3) is 0.565. The van der Waals surface area contributed by atoms with Crippen molar-refractivity contribution in [2.24, 2.45) is 5.92 Å². The Morgan fingerprint density at radius 3 is 2.72 bits per heavy atom. The maximum Gasteiger partial charge on any atom is 0.275 e. The lowest BCUT2D eigenvalue weighted by molar-refractivity contribution is 0.0579. The van der Waals surface area contributed by atoms with E-state index in [1.807, 2.05) is 0 Å². The van der Waals surface area contributed by atoms with Gasteiger partial charge in [-0.05, 0) is 56.7 Å². The molecule has 2 aliphatic heterocycles. The van der Waals surface area contributed by atoms with Crippen LogP contribution in [0.1, 0.15) is 47.5 Å². The fourth-order valence-corrected chi connectivity index (χ4v) is 4.38. The van der Waals surface area contributed by atoms with Crippen molar-refractivity contribution in [3.63, 3.8) is 0 Å². The van der Waals surface area contributed by atoms with Crippen molar-refractivity contribution in [1.82, 2.24) is 15.0 Å². The Bertz CT molecular complexity index is 778. The van der Waals surface area contributed by atoms with Gasteiger partial charge in [-0.25, -0.2) is 0 Å². The van der Waals surface area contributed by atoms with Crippen molar-refractivity contribution in [1.29, 1.82) is 0 Å². The van der Waals surface area contributed by atoms with E-state index in [1.165, 1.54) is 18.4 Å². The molecule has 1 aromatic heterocycles. The first-order chi connectivity index (χ1) is 14.2. The number of hydrogen-bond acceptors (Lipinski definition) is 5. The average molecular weight is 398 g/mol. The molecule has 2 aliphatic rings. The van der Waals surface area contributed by atoms with Gasteiger partial charge in [-0.1, -0.05) is 35.5 Å². The van der Waals surface area contributed by atoms with E-state index in [0.29, 0.717) is 18.8 Å². The number of benzene rings is 1. The summed E-state index contributed by atoms with van der Waals surface area (Å²) in [6.45, 7) is 4.23. The lowest BCUT2D eigenvalue weighted by Gasteiger charge is -2.31. The Balaban J connectivity index is 1.23. The summed E-state index contributed by atoms with van der Waals surface area (Å²) in [5.74, 6) is 1.41. The highest BCUT2D eigenvalue weighted by Crippen LogP contribution is 2.23. The van der Waals surface area contributed by atoms with Gasteiger partial charge in [0, 0.05) is 26.3 Å². The number of amides is 1. The minimum Gasteiger partial charge on any atom is -0.376 e. The van der Waals surface area contributed by atoms with Crippen LogP contribution < -0.4 is 0 Å². The van der Waals surface area contributed by atoms with Crippen molar-refractivity contribution >= 4 is 5.91 Å². The quantitative estimate of drug-likeness (QED) is 0.717. The highest BCUT2D eigenvalue weighted by molar-refractivity contribution is 5.92. The standard InChI is InChI=1S/C23H31N3O3/c1-25(16-20-8-5-13-28-20)23(27)22-15-21(29-24-22)17-26-11-9-19(10-12-26)14-18-6-3-2-4-7-18/h2-4,6-7,15,19-20H,5,8-14,16-17H2,1H3. The molecule has 2 aromatic rings. The fourth-order valence-electron chi connectivity index (χ4n) is 4.38. The van der Waals surface area contributed by atoms with Crippen LogP contribution in [0.15, 0.2) is 40.9 Å². The number of hydrogen-bond donors (Lipinski definition) is 0. The molecular weight excluding hydrogens is 366 g/mol. The molecule has 2 fully saturated rings. The van der Waals surface area contributed by atoms with Gasteiger partial charge in [-0.15, -0.1) is 0 Å². The summed E-state index contributed by atoms with van der Waals surface area (Å²) in [6, 6.07) is 12.5. The minimum atomic E-state index is -0.0999. The van der Waals surface area contributed by atoms with E-state index in [2.05, 4.69) is 40.4 Å². The third-order valence-corrected chi connectivity index (χ3v) is 6.08. The maximum atomic E-state index is 12.6. The third-order valence-electron chi connectivity index (χ3n) is 6.08. The summed E-state index contributed by atoms with van der Waals surface area (Å²) < 4.78 is 11.1. The molecule has 1 unspecified atom stereocenters. The molecule has 1 amide bonds. The Morgan fingerprint density at radius 1 is 1.21 bits per heavy atom. The summed E-state index contributed by atoms with van der Waals surface area (Å²) in [5, 5.41) is 4.01. The number of carbonyl (C=O) groups excluding carboxylic acids is 1. The van der Waals surface area contributed by atoms with E-state index in [4.69, 9.17) is 9.26 Å². The van der Waals surface area contributed by atoms with Gasteiger partial charge in [0.2, 0.25) is 0 Å². The predicted molar refractivity (Wildman–Crippen MR) is 111 cm³/mol. The second kappa shape index (κ2) is 9.55. The van der Waals surface area contributed by atoms with Gasteiger partial charge in [0.1, 0.15) is 0 Å². The molecule has 0 spiro atoms. The zero-order valence-corrected chi connectivity index (χ0v) is 17.3. The van der Waals surface area contributed by atoms with Gasteiger partial charge < -0.3 is 14.2 Å². The molecule has 6 heteroatoms. The van der Waals surface area contributed by atoms with Crippen LogP contribution in [-0.2, 0) is 17.7 Å². The summed E-state index contributed by atoms with van der Waals surface area (Å²) in [6.07, 6.45) is 5.78. The van der Waals surface area contributed by atoms with E-state index in [0.717, 1.165) is 50.6 Å². The van der Waals surface area contributed by atoms with Crippen LogP contribution in [-0.4, -0.2) is 60.3 Å². The lowest BCUT2D eigenvalue weighted by atomic mass is 9.90. The Kier molecular flexibility index (Phi) is 6.62. The number of nitrogens with zero attached hydrogens (tertiary/aromatic N) is 3. The number of rotatable bonds is 7. The second-order valence-electron chi connectivity index (χ2n) is 8.41. The van der Waals surface area contributed by atoms with Crippen LogP contribution in [0.3, 0.4) is 0 Å². The molecule has 29 heavy (non-hydrogen) atoms. The number of likely N-dealkylation sites (tertiary alicyclic amines) is 1. The molecule has 0 bridgehead atoms. The van der Waals surface area contributed by atoms with Gasteiger partial charge in [-0.2, -0.15) is 0 Å². The first kappa shape index (κ1) is 20.1. The van der Waals surface area contributed by atoms with Gasteiger partial charge >= 0.3 is 0 Å². The van der Waals surface area contributed by atoms with E-state index >= 15 is 0 Å². The predicted octanol–water partition coefficient (Wildman–Crippen LogP) is 3.38. The number of ether oxygens (including phenoxy) is 1. The highest BCUT2D eigenvalue weighted by atomic mass is 16.5. The third kappa shape index (κ3) is 5.46. The molecule has 1 atom stereocenters. The molecule has 0 radical (unpaired) electrons. The van der Waals surface area contributed by atoms with Crippen LogP contribution in [0.5, 0.6) is 0 Å². The number of likely N-dealkylation sites (N-methyl/N-ethyl adjacent to an activating group) is 1. The molecular formula is C23H31N3O3. The topological polar surface area (TPSA) is 58.8 Å². The van der Waals surface area contributed by atoms with Crippen molar-refractivity contribution in [2.75, 3.05) is 33.3 Å². The summed E-state index contributed by atoms with van der Waals surface area (Å²) in [5.41, 5.74) is 1.82. The van der Waals surface area contributed by atoms with Crippen LogP contribution in [0.25, 0.3) is 0 Å². The SMILES string of the molecule is CN(CC1CCCO1)C(=O)c1cc(CN2CCC(Cc3ccccc3)CC2)on1. The molecule has 6 nitrogen and oxygen atoms in total. The van der Waals surface area contributed by atoms with E-state index in [1.54, 1.807) is 18.0 Å². The molecule has 1 aromatic carbocycles. The molecule has 3 heterocycles. The van der Waals surface area contributed by atoms with E-state index in [-0.39, 0.29) is 12.0 Å². The zero-order valence-electron chi connectivity index (χ0n) is 17.3. The highest BCUT2D eigenvalue weighted by Gasteiger charge is 2.24. The summed E-state index contributed by atoms with van der Waals surface area (Å²) in [7, 11) is 1.80. The van der Waals surface area contributed by atoms with Gasteiger partial charge in [-0.3, -0.25) is 9.69 Å². The first-order valence-corrected chi connectivity index (χ1v) is 10.8. The Hall–Kier alpha value is -2.18. The van der Waals surface area contributed by atoms with Crippen LogP contribution in [0.2, 0.25) is 0 Å². The van der Waals surface area contributed by atoms with Crippen molar-refractivity contribution in [2.45, 2.75) is 44.8 Å². The monoisotopic (exact) mass is 397 g/mol. The van der Waals surface area contributed by atoms with Crippen LogP contribution in [0, 0.1) is 5.92 Å². The van der Waals surface area contributed by atoms with Crippen LogP contribution >= 0.6 is 0 Å². The first-order valence-electron chi connectivity index (χ1n) is 10.8. The lowest BCUT2D eigenvalue weighted by Crippen LogP contribution is -2.34. The molecule has 156 valence electrons. The summed E-state index contributed by atoms with van der Waals surface area (Å²) >= 11 is 0. The van der Waals surface area contributed by atoms with E-state index in [9.17, 15) is 4.79 Å². The molecule has 2 saturated heterocycles. The Labute approximate surface area is 172 Å². The molecule has 4 rings (SSSR count). The molecule has 0 saturated carbocycles. The molecule has 0 aliphatic carbocycles. The van der Waals surface area contributed by atoms with Crippen molar-refractivity contribution in [3.8, 4) is 0 Å².